The van der Waals surface area contributed by atoms with Crippen molar-refractivity contribution in [3.8, 4) is 5.75 Å². The number of hydrogen-bond donors (Lipinski definition) is 4. The van der Waals surface area contributed by atoms with Gasteiger partial charge in [-0.25, -0.2) is 0 Å². The molecule has 0 radical (unpaired) electrons. The highest BCUT2D eigenvalue weighted by molar-refractivity contribution is 5.99. The van der Waals surface area contributed by atoms with Gasteiger partial charge in [0.05, 0.1) is 13.3 Å². The van der Waals surface area contributed by atoms with Crippen LogP contribution < -0.4 is 27.3 Å². The van der Waals surface area contributed by atoms with Crippen LogP contribution in [0.1, 0.15) is 53.5 Å². The van der Waals surface area contributed by atoms with Crippen molar-refractivity contribution >= 4 is 27.6 Å². The fourth-order valence-electron chi connectivity index (χ4n) is 5.14. The summed E-state index contributed by atoms with van der Waals surface area (Å²) in [5, 5.41) is 6.43. The van der Waals surface area contributed by atoms with Crippen LogP contribution in [0.5, 0.6) is 5.75 Å². The third-order valence-corrected chi connectivity index (χ3v) is 7.14. The van der Waals surface area contributed by atoms with E-state index < -0.39 is 6.17 Å². The lowest BCUT2D eigenvalue weighted by molar-refractivity contribution is 0.0917. The maximum absolute atomic E-state index is 13.5. The zero-order valence-corrected chi connectivity index (χ0v) is 20.0. The van der Waals surface area contributed by atoms with Crippen LogP contribution in [-0.4, -0.2) is 29.7 Å². The second kappa shape index (κ2) is 9.70. The highest BCUT2D eigenvalue weighted by Gasteiger charge is 2.23. The zero-order valence-electron chi connectivity index (χ0n) is 20.0. The Hall–Kier alpha value is -3.39. The van der Waals surface area contributed by atoms with E-state index in [4.69, 9.17) is 21.9 Å². The molecule has 1 fully saturated rings. The van der Waals surface area contributed by atoms with Gasteiger partial charge in [-0.2, -0.15) is 0 Å². The van der Waals surface area contributed by atoms with Gasteiger partial charge in [0.2, 0.25) is 0 Å². The second-order valence-corrected chi connectivity index (χ2v) is 9.55. The van der Waals surface area contributed by atoms with Gasteiger partial charge in [0, 0.05) is 29.5 Å². The number of methoxy groups -OCH3 is 1. The molecule has 1 aromatic heterocycles. The van der Waals surface area contributed by atoms with Gasteiger partial charge >= 0.3 is 0 Å². The fourth-order valence-corrected chi connectivity index (χ4v) is 5.14. The van der Waals surface area contributed by atoms with E-state index in [1.807, 2.05) is 48.5 Å². The van der Waals surface area contributed by atoms with E-state index in [1.54, 1.807) is 7.11 Å². The van der Waals surface area contributed by atoms with Crippen molar-refractivity contribution in [3.05, 3.63) is 77.5 Å². The zero-order chi connectivity index (χ0) is 24.5. The van der Waals surface area contributed by atoms with E-state index in [0.717, 1.165) is 64.2 Å². The van der Waals surface area contributed by atoms with Gasteiger partial charge in [-0.1, -0.05) is 36.4 Å². The molecule has 0 unspecified atom stereocenters. The van der Waals surface area contributed by atoms with Crippen molar-refractivity contribution < 1.29 is 9.53 Å². The topological polar surface area (TPSA) is 121 Å². The van der Waals surface area contributed by atoms with E-state index in [-0.39, 0.29) is 18.0 Å². The summed E-state index contributed by atoms with van der Waals surface area (Å²) in [5.74, 6) is 0.705. The van der Waals surface area contributed by atoms with Crippen LogP contribution in [0.15, 0.2) is 60.7 Å². The average Bonchev–Trinajstić information content (AvgIpc) is 3.23. The highest BCUT2D eigenvalue weighted by Crippen LogP contribution is 2.30. The minimum Gasteiger partial charge on any atom is -0.497 e. The molecule has 0 bridgehead atoms. The molecule has 0 atom stereocenters. The van der Waals surface area contributed by atoms with Crippen LogP contribution in [-0.2, 0) is 6.54 Å². The van der Waals surface area contributed by atoms with E-state index in [1.165, 1.54) is 0 Å². The van der Waals surface area contributed by atoms with Crippen LogP contribution in [0.25, 0.3) is 21.7 Å². The highest BCUT2D eigenvalue weighted by atomic mass is 16.5. The van der Waals surface area contributed by atoms with Crippen molar-refractivity contribution in [2.24, 2.45) is 17.2 Å². The first-order valence-corrected chi connectivity index (χ1v) is 12.2. The Morgan fingerprint density at radius 1 is 1.03 bits per heavy atom. The molecule has 1 aliphatic rings. The number of ether oxygens (including phenoxy) is 1. The van der Waals surface area contributed by atoms with E-state index in [0.29, 0.717) is 12.2 Å². The van der Waals surface area contributed by atoms with Crippen LogP contribution in [0.3, 0.4) is 0 Å². The Morgan fingerprint density at radius 2 is 1.80 bits per heavy atom. The summed E-state index contributed by atoms with van der Waals surface area (Å²) < 4.78 is 7.64. The second-order valence-electron chi connectivity index (χ2n) is 9.55. The smallest absolute Gasteiger partial charge is 0.268 e. The monoisotopic (exact) mass is 471 g/mol. The number of nitrogens with one attached hydrogen (secondary N) is 1. The first kappa shape index (κ1) is 23.4. The molecule has 7 nitrogen and oxygen atoms in total. The molecule has 5 rings (SSSR count). The number of aromatic nitrogens is 1. The number of carbonyl (C=O) groups is 1. The standard InChI is InChI=1S/C28H33N5O2/c1-35-23-12-17-4-2-3-5-24(17)20(13-23)16-33-25-15-19(27(30)31)7-6-18(25)14-26(33)28(34)32-22-10-8-21(29)9-11-22/h2-7,12-15,21-22,27H,8-11,16,29-31H2,1H3,(H,32,34). The SMILES string of the molecule is COc1cc(Cn2c(C(=O)NC3CCC(N)CC3)cc3ccc(C(N)N)cc32)c2ccccc2c1. The Bertz CT molecular complexity index is 1370. The number of nitrogens with two attached hydrogens (primary N) is 3. The lowest BCUT2D eigenvalue weighted by Crippen LogP contribution is -2.41. The van der Waals surface area contributed by atoms with Crippen LogP contribution in [0, 0.1) is 0 Å². The number of rotatable bonds is 6. The molecular weight excluding hydrogens is 438 g/mol. The summed E-state index contributed by atoms with van der Waals surface area (Å²) in [6.45, 7) is 0.503. The predicted octanol–water partition coefficient (Wildman–Crippen LogP) is 3.77. The number of amides is 1. The fraction of sp³-hybridized carbons (Fsp3) is 0.321. The molecule has 1 heterocycles. The first-order valence-electron chi connectivity index (χ1n) is 12.2. The van der Waals surface area contributed by atoms with Crippen molar-refractivity contribution in [1.82, 2.24) is 9.88 Å². The summed E-state index contributed by atoms with van der Waals surface area (Å²) in [6, 6.07) is 20.5. The van der Waals surface area contributed by atoms with Gasteiger partial charge in [0.25, 0.3) is 5.91 Å². The molecule has 7 heteroatoms. The third-order valence-electron chi connectivity index (χ3n) is 7.14. The Labute approximate surface area is 205 Å². The Morgan fingerprint density at radius 3 is 2.54 bits per heavy atom. The molecule has 1 aliphatic carbocycles. The molecule has 1 saturated carbocycles. The summed E-state index contributed by atoms with van der Waals surface area (Å²) in [6.07, 6.45) is 3.08. The lowest BCUT2D eigenvalue weighted by Gasteiger charge is -2.27. The lowest BCUT2D eigenvalue weighted by atomic mass is 9.92. The molecule has 3 aromatic carbocycles. The maximum atomic E-state index is 13.5. The number of fused-ring (bicyclic) bond motifs is 2. The van der Waals surface area contributed by atoms with Gasteiger partial charge in [-0.3, -0.25) is 4.79 Å². The van der Waals surface area contributed by atoms with Gasteiger partial charge < -0.3 is 31.8 Å². The van der Waals surface area contributed by atoms with Crippen LogP contribution >= 0.6 is 0 Å². The summed E-state index contributed by atoms with van der Waals surface area (Å²) >= 11 is 0. The molecule has 0 saturated heterocycles. The first-order chi connectivity index (χ1) is 16.9. The number of benzene rings is 3. The quantitative estimate of drug-likeness (QED) is 0.319. The minimum absolute atomic E-state index is 0.0764. The van der Waals surface area contributed by atoms with Crippen molar-refractivity contribution in [3.63, 3.8) is 0 Å². The van der Waals surface area contributed by atoms with E-state index in [2.05, 4.69) is 22.0 Å². The largest absolute Gasteiger partial charge is 0.497 e. The molecule has 1 amide bonds. The molecule has 7 N–H and O–H groups in total. The molecule has 182 valence electrons. The molecule has 35 heavy (non-hydrogen) atoms. The van der Waals surface area contributed by atoms with Crippen molar-refractivity contribution in [1.29, 1.82) is 0 Å². The maximum Gasteiger partial charge on any atom is 0.268 e. The van der Waals surface area contributed by atoms with Gasteiger partial charge in [0.1, 0.15) is 11.4 Å². The average molecular weight is 472 g/mol. The van der Waals surface area contributed by atoms with Gasteiger partial charge in [0.15, 0.2) is 0 Å². The van der Waals surface area contributed by atoms with Gasteiger partial charge in [-0.15, -0.1) is 0 Å². The predicted molar refractivity (Wildman–Crippen MR) is 140 cm³/mol. The third kappa shape index (κ3) is 4.75. The molecule has 0 spiro atoms. The summed E-state index contributed by atoms with van der Waals surface area (Å²) in [5.41, 5.74) is 21.5. The molecule has 0 aliphatic heterocycles. The number of carbonyl (C=O) groups excluding carboxylic acids is 1. The Balaban J connectivity index is 1.59. The van der Waals surface area contributed by atoms with Crippen LogP contribution in [0.2, 0.25) is 0 Å². The number of nitrogens with zero attached hydrogens (tertiary/aromatic N) is 1. The Kier molecular flexibility index (Phi) is 6.47. The molecule has 4 aromatic rings. The van der Waals surface area contributed by atoms with Crippen LogP contribution in [0.4, 0.5) is 0 Å². The van der Waals surface area contributed by atoms with Gasteiger partial charge in [-0.05, 0) is 71.8 Å². The summed E-state index contributed by atoms with van der Waals surface area (Å²) in [4.78, 5) is 13.5. The minimum atomic E-state index is -0.593. The van der Waals surface area contributed by atoms with E-state index >= 15 is 0 Å². The van der Waals surface area contributed by atoms with Crippen molar-refractivity contribution in [2.75, 3.05) is 7.11 Å². The number of hydrogen-bond acceptors (Lipinski definition) is 5. The van der Waals surface area contributed by atoms with E-state index in [9.17, 15) is 4.79 Å². The normalized spacial score (nSPS) is 18.3. The molecular formula is C28H33N5O2. The summed E-state index contributed by atoms with van der Waals surface area (Å²) in [7, 11) is 1.67. The van der Waals surface area contributed by atoms with Crippen molar-refractivity contribution in [2.45, 2.75) is 50.5 Å².